The summed E-state index contributed by atoms with van der Waals surface area (Å²) in [5, 5.41) is 1.44. The van der Waals surface area contributed by atoms with Crippen LogP contribution in [-0.2, 0) is 13.0 Å². The van der Waals surface area contributed by atoms with Crippen molar-refractivity contribution in [3.63, 3.8) is 0 Å². The lowest BCUT2D eigenvalue weighted by Gasteiger charge is -2.53. The maximum absolute atomic E-state index is 5.54. The molecule has 4 bridgehead atoms. The molecule has 0 N–H and O–H groups in total. The fourth-order valence-electron chi connectivity index (χ4n) is 6.40. The molecule has 2 aromatic rings. The zero-order valence-corrected chi connectivity index (χ0v) is 15.8. The molecule has 3 aliphatic heterocycles. The summed E-state index contributed by atoms with van der Waals surface area (Å²) in [6.45, 7) is 8.37. The highest BCUT2D eigenvalue weighted by Gasteiger charge is 2.49. The van der Waals surface area contributed by atoms with Gasteiger partial charge in [0.25, 0.3) is 0 Å². The fourth-order valence-corrected chi connectivity index (χ4v) is 6.40. The number of rotatable bonds is 3. The standard InChI is InChI=1S/C22H30N2O/c1-4-15-10-14-11-19-21(15)23(13-14)9-8-17-18-12-16(25-3)6-7-20(18)24(5-2)22(17)19/h6-7,12,14-15,19,21H,4-5,8-11,13H2,1-3H3. The molecule has 2 saturated heterocycles. The van der Waals surface area contributed by atoms with Crippen molar-refractivity contribution in [3.05, 3.63) is 29.5 Å². The van der Waals surface area contributed by atoms with Crippen LogP contribution in [0.4, 0.5) is 0 Å². The Morgan fingerprint density at radius 3 is 2.84 bits per heavy atom. The molecule has 0 amide bonds. The minimum Gasteiger partial charge on any atom is -0.497 e. The zero-order valence-electron chi connectivity index (χ0n) is 15.8. The second-order valence-electron chi connectivity index (χ2n) is 8.34. The molecule has 0 spiro atoms. The van der Waals surface area contributed by atoms with Gasteiger partial charge in [-0.3, -0.25) is 4.90 Å². The van der Waals surface area contributed by atoms with Crippen LogP contribution in [0.15, 0.2) is 18.2 Å². The van der Waals surface area contributed by atoms with E-state index in [-0.39, 0.29) is 0 Å². The van der Waals surface area contributed by atoms with Crippen LogP contribution in [0.2, 0.25) is 0 Å². The van der Waals surface area contributed by atoms with E-state index in [1.807, 2.05) is 0 Å². The zero-order chi connectivity index (χ0) is 17.1. The summed E-state index contributed by atoms with van der Waals surface area (Å²) in [6, 6.07) is 7.46. The average Bonchev–Trinajstić information content (AvgIpc) is 2.92. The Bertz CT molecular complexity index is 808. The predicted molar refractivity (Wildman–Crippen MR) is 102 cm³/mol. The molecule has 1 aromatic heterocycles. The van der Waals surface area contributed by atoms with Gasteiger partial charge in [-0.2, -0.15) is 0 Å². The van der Waals surface area contributed by atoms with Gasteiger partial charge in [-0.15, -0.1) is 0 Å². The quantitative estimate of drug-likeness (QED) is 0.824. The van der Waals surface area contributed by atoms with Gasteiger partial charge in [0.1, 0.15) is 5.75 Å². The van der Waals surface area contributed by atoms with Gasteiger partial charge in [-0.25, -0.2) is 0 Å². The summed E-state index contributed by atoms with van der Waals surface area (Å²) in [5.41, 5.74) is 4.70. The van der Waals surface area contributed by atoms with Crippen molar-refractivity contribution >= 4 is 10.9 Å². The van der Waals surface area contributed by atoms with Gasteiger partial charge >= 0.3 is 0 Å². The number of nitrogens with zero attached hydrogens (tertiary/aromatic N) is 2. The van der Waals surface area contributed by atoms with Crippen molar-refractivity contribution in [1.82, 2.24) is 9.47 Å². The number of piperidine rings is 2. The first-order valence-electron chi connectivity index (χ1n) is 10.2. The van der Waals surface area contributed by atoms with E-state index in [2.05, 4.69) is 41.5 Å². The molecule has 134 valence electrons. The normalized spacial score (nSPS) is 33.3. The summed E-state index contributed by atoms with van der Waals surface area (Å²) < 4.78 is 8.17. The largest absolute Gasteiger partial charge is 0.497 e. The molecule has 1 aromatic carbocycles. The van der Waals surface area contributed by atoms with Crippen molar-refractivity contribution in [2.24, 2.45) is 11.8 Å². The highest BCUT2D eigenvalue weighted by Crippen LogP contribution is 2.52. The van der Waals surface area contributed by atoms with Crippen LogP contribution in [0.25, 0.3) is 10.9 Å². The van der Waals surface area contributed by atoms with Crippen LogP contribution in [0.5, 0.6) is 5.75 Å². The minimum absolute atomic E-state index is 0.730. The first kappa shape index (κ1) is 15.7. The number of aryl methyl sites for hydroxylation is 1. The molecular formula is C22H30N2O. The molecule has 6 rings (SSSR count). The summed E-state index contributed by atoms with van der Waals surface area (Å²) in [5.74, 6) is 3.52. The van der Waals surface area contributed by atoms with E-state index in [9.17, 15) is 0 Å². The van der Waals surface area contributed by atoms with E-state index in [0.29, 0.717) is 0 Å². The third kappa shape index (κ3) is 2.14. The van der Waals surface area contributed by atoms with E-state index in [1.54, 1.807) is 18.4 Å². The molecule has 1 aliphatic carbocycles. The number of hydrogen-bond acceptors (Lipinski definition) is 2. The number of aromatic nitrogens is 1. The third-order valence-electron chi connectivity index (χ3n) is 7.29. The van der Waals surface area contributed by atoms with E-state index >= 15 is 0 Å². The third-order valence-corrected chi connectivity index (χ3v) is 7.29. The van der Waals surface area contributed by atoms with Crippen LogP contribution in [0.1, 0.15) is 50.3 Å². The molecular weight excluding hydrogens is 308 g/mol. The van der Waals surface area contributed by atoms with E-state index in [0.717, 1.165) is 36.1 Å². The lowest BCUT2D eigenvalue weighted by Crippen LogP contribution is -2.56. The second kappa shape index (κ2) is 5.77. The SMILES string of the molecule is CCC1CC2CC3c4c(c5cc(OC)ccc5n4CC)CCN(C2)C13. The average molecular weight is 338 g/mol. The van der Waals surface area contributed by atoms with Gasteiger partial charge < -0.3 is 9.30 Å². The molecule has 0 radical (unpaired) electrons. The first-order valence-corrected chi connectivity index (χ1v) is 10.2. The van der Waals surface area contributed by atoms with Crippen molar-refractivity contribution < 1.29 is 4.74 Å². The molecule has 3 fully saturated rings. The molecule has 4 heterocycles. The van der Waals surface area contributed by atoms with Crippen molar-refractivity contribution in [2.45, 2.75) is 58.0 Å². The lowest BCUT2D eigenvalue weighted by atomic mass is 9.65. The van der Waals surface area contributed by atoms with Gasteiger partial charge in [0.15, 0.2) is 0 Å². The van der Waals surface area contributed by atoms with Crippen LogP contribution in [-0.4, -0.2) is 35.7 Å². The predicted octanol–water partition coefficient (Wildman–Crippen LogP) is 4.43. The van der Waals surface area contributed by atoms with Gasteiger partial charge in [0.2, 0.25) is 0 Å². The molecule has 5 unspecified atom stereocenters. The minimum atomic E-state index is 0.730. The Labute approximate surface area is 150 Å². The maximum atomic E-state index is 5.54. The molecule has 3 heteroatoms. The smallest absolute Gasteiger partial charge is 0.119 e. The summed E-state index contributed by atoms with van der Waals surface area (Å²) in [4.78, 5) is 2.85. The Kier molecular flexibility index (Phi) is 3.63. The lowest BCUT2D eigenvalue weighted by molar-refractivity contribution is -0.0141. The van der Waals surface area contributed by atoms with Gasteiger partial charge in [-0.1, -0.05) is 13.3 Å². The summed E-state index contributed by atoms with van der Waals surface area (Å²) >= 11 is 0. The molecule has 3 nitrogen and oxygen atoms in total. The summed E-state index contributed by atoms with van der Waals surface area (Å²) in [6.07, 6.45) is 5.40. The highest BCUT2D eigenvalue weighted by atomic mass is 16.5. The molecule has 1 saturated carbocycles. The Balaban J connectivity index is 1.73. The second-order valence-corrected chi connectivity index (χ2v) is 8.34. The van der Waals surface area contributed by atoms with Crippen molar-refractivity contribution in [3.8, 4) is 5.75 Å². The number of hydrogen-bond donors (Lipinski definition) is 0. The summed E-state index contributed by atoms with van der Waals surface area (Å²) in [7, 11) is 1.78. The number of ether oxygens (including phenoxy) is 1. The first-order chi connectivity index (χ1) is 12.2. The monoisotopic (exact) mass is 338 g/mol. The highest BCUT2D eigenvalue weighted by molar-refractivity contribution is 5.87. The van der Waals surface area contributed by atoms with Crippen LogP contribution < -0.4 is 4.74 Å². The molecule has 5 atom stereocenters. The fraction of sp³-hybridized carbons (Fsp3) is 0.636. The van der Waals surface area contributed by atoms with Crippen molar-refractivity contribution in [2.75, 3.05) is 20.2 Å². The maximum Gasteiger partial charge on any atom is 0.119 e. The van der Waals surface area contributed by atoms with E-state index < -0.39 is 0 Å². The van der Waals surface area contributed by atoms with E-state index in [4.69, 9.17) is 4.74 Å². The molecule has 4 aliphatic rings. The van der Waals surface area contributed by atoms with Crippen LogP contribution in [0.3, 0.4) is 0 Å². The van der Waals surface area contributed by atoms with Gasteiger partial charge in [-0.05, 0) is 61.8 Å². The van der Waals surface area contributed by atoms with Crippen molar-refractivity contribution in [1.29, 1.82) is 0 Å². The Morgan fingerprint density at radius 1 is 1.20 bits per heavy atom. The van der Waals surface area contributed by atoms with Gasteiger partial charge in [0, 0.05) is 48.2 Å². The van der Waals surface area contributed by atoms with Crippen LogP contribution >= 0.6 is 0 Å². The Morgan fingerprint density at radius 2 is 2.08 bits per heavy atom. The topological polar surface area (TPSA) is 17.4 Å². The molecule has 25 heavy (non-hydrogen) atoms. The Hall–Kier alpha value is -1.48. The van der Waals surface area contributed by atoms with E-state index in [1.165, 1.54) is 49.7 Å². The van der Waals surface area contributed by atoms with Crippen LogP contribution in [0, 0.1) is 11.8 Å². The number of methoxy groups -OCH3 is 1. The number of benzene rings is 1. The number of fused-ring (bicyclic) bond motifs is 4. The van der Waals surface area contributed by atoms with Gasteiger partial charge in [0.05, 0.1) is 7.11 Å².